The molecular formula is C17H17NO2. The van der Waals surface area contributed by atoms with E-state index in [9.17, 15) is 4.79 Å². The van der Waals surface area contributed by atoms with Crippen molar-refractivity contribution in [2.45, 2.75) is 19.9 Å². The number of aromatic carboxylic acids is 1. The van der Waals surface area contributed by atoms with Gasteiger partial charge in [-0.1, -0.05) is 29.8 Å². The van der Waals surface area contributed by atoms with E-state index >= 15 is 0 Å². The molecule has 0 aromatic heterocycles. The maximum Gasteiger partial charge on any atom is 0.335 e. The average molecular weight is 267 g/mol. The SMILES string of the molecule is Cc1cc2c(c(-c3cccc(C(=O)O)c3)c1)CCNC2. The number of hydrogen-bond donors (Lipinski definition) is 2. The molecule has 1 heterocycles. The van der Waals surface area contributed by atoms with Gasteiger partial charge < -0.3 is 10.4 Å². The highest BCUT2D eigenvalue weighted by molar-refractivity contribution is 5.89. The predicted octanol–water partition coefficient (Wildman–Crippen LogP) is 3.01. The minimum absolute atomic E-state index is 0.340. The third kappa shape index (κ3) is 2.32. The maximum atomic E-state index is 11.1. The van der Waals surface area contributed by atoms with Crippen LogP contribution in [0.5, 0.6) is 0 Å². The van der Waals surface area contributed by atoms with Crippen LogP contribution < -0.4 is 5.32 Å². The standard InChI is InChI=1S/C17H17NO2/c1-11-7-14-10-18-6-5-15(14)16(8-11)12-3-2-4-13(9-12)17(19)20/h2-4,7-9,18H,5-6,10H2,1H3,(H,19,20). The van der Waals surface area contributed by atoms with Crippen molar-refractivity contribution in [3.05, 3.63) is 58.7 Å². The molecule has 2 N–H and O–H groups in total. The molecular weight excluding hydrogens is 250 g/mol. The zero-order valence-corrected chi connectivity index (χ0v) is 11.4. The molecule has 0 amide bonds. The van der Waals surface area contributed by atoms with Crippen LogP contribution in [0.3, 0.4) is 0 Å². The molecule has 0 unspecified atom stereocenters. The van der Waals surface area contributed by atoms with Gasteiger partial charge in [0.25, 0.3) is 0 Å². The number of fused-ring (bicyclic) bond motifs is 1. The van der Waals surface area contributed by atoms with E-state index in [4.69, 9.17) is 5.11 Å². The number of carboxylic acid groups (broad SMARTS) is 1. The highest BCUT2D eigenvalue weighted by Crippen LogP contribution is 2.30. The molecule has 1 aliphatic heterocycles. The Morgan fingerprint density at radius 1 is 1.25 bits per heavy atom. The summed E-state index contributed by atoms with van der Waals surface area (Å²) in [7, 11) is 0. The zero-order valence-electron chi connectivity index (χ0n) is 11.4. The van der Waals surface area contributed by atoms with Gasteiger partial charge in [-0.3, -0.25) is 0 Å². The molecule has 1 aliphatic rings. The fraction of sp³-hybridized carbons (Fsp3) is 0.235. The lowest BCUT2D eigenvalue weighted by atomic mass is 9.89. The first-order chi connectivity index (χ1) is 9.65. The second-order valence-electron chi connectivity index (χ2n) is 5.26. The normalized spacial score (nSPS) is 13.8. The van der Waals surface area contributed by atoms with E-state index in [1.807, 2.05) is 12.1 Å². The number of aryl methyl sites for hydroxylation is 1. The summed E-state index contributed by atoms with van der Waals surface area (Å²) in [5, 5.41) is 12.5. The van der Waals surface area contributed by atoms with Gasteiger partial charge >= 0.3 is 5.97 Å². The second kappa shape index (κ2) is 5.10. The molecule has 0 atom stereocenters. The van der Waals surface area contributed by atoms with Gasteiger partial charge in [0.1, 0.15) is 0 Å². The lowest BCUT2D eigenvalue weighted by molar-refractivity contribution is 0.0697. The van der Waals surface area contributed by atoms with Gasteiger partial charge in [0.2, 0.25) is 0 Å². The van der Waals surface area contributed by atoms with E-state index < -0.39 is 5.97 Å². The van der Waals surface area contributed by atoms with Crippen LogP contribution in [-0.4, -0.2) is 17.6 Å². The van der Waals surface area contributed by atoms with Crippen LogP contribution in [0.25, 0.3) is 11.1 Å². The molecule has 102 valence electrons. The van der Waals surface area contributed by atoms with Crippen LogP contribution in [0, 0.1) is 6.92 Å². The summed E-state index contributed by atoms with van der Waals surface area (Å²) < 4.78 is 0. The molecule has 2 aromatic rings. The molecule has 0 saturated heterocycles. The van der Waals surface area contributed by atoms with Crippen LogP contribution in [0.15, 0.2) is 36.4 Å². The predicted molar refractivity (Wildman–Crippen MR) is 79.0 cm³/mol. The quantitative estimate of drug-likeness (QED) is 0.879. The first kappa shape index (κ1) is 12.9. The molecule has 2 aromatic carbocycles. The third-order valence-corrected chi connectivity index (χ3v) is 3.77. The summed E-state index contributed by atoms with van der Waals surface area (Å²) in [6.45, 7) is 3.95. The van der Waals surface area contributed by atoms with Crippen molar-refractivity contribution < 1.29 is 9.90 Å². The molecule has 3 nitrogen and oxygen atoms in total. The Morgan fingerprint density at radius 3 is 2.90 bits per heavy atom. The minimum Gasteiger partial charge on any atom is -0.478 e. The van der Waals surface area contributed by atoms with Gasteiger partial charge in [0, 0.05) is 6.54 Å². The van der Waals surface area contributed by atoms with E-state index in [0.29, 0.717) is 5.56 Å². The number of hydrogen-bond acceptors (Lipinski definition) is 2. The highest BCUT2D eigenvalue weighted by atomic mass is 16.4. The van der Waals surface area contributed by atoms with E-state index in [-0.39, 0.29) is 0 Å². The number of rotatable bonds is 2. The topological polar surface area (TPSA) is 49.3 Å². The Balaban J connectivity index is 2.16. The van der Waals surface area contributed by atoms with Gasteiger partial charge in [0.15, 0.2) is 0 Å². The van der Waals surface area contributed by atoms with Crippen molar-refractivity contribution in [1.29, 1.82) is 0 Å². The van der Waals surface area contributed by atoms with Gasteiger partial charge in [0.05, 0.1) is 5.56 Å². The Bertz CT molecular complexity index is 677. The molecule has 0 radical (unpaired) electrons. The van der Waals surface area contributed by atoms with E-state index in [1.165, 1.54) is 22.3 Å². The van der Waals surface area contributed by atoms with E-state index in [2.05, 4.69) is 24.4 Å². The van der Waals surface area contributed by atoms with Gasteiger partial charge in [-0.2, -0.15) is 0 Å². The summed E-state index contributed by atoms with van der Waals surface area (Å²) in [4.78, 5) is 11.1. The van der Waals surface area contributed by atoms with Crippen molar-refractivity contribution >= 4 is 5.97 Å². The maximum absolute atomic E-state index is 11.1. The van der Waals surface area contributed by atoms with E-state index in [1.54, 1.807) is 12.1 Å². The van der Waals surface area contributed by atoms with Crippen LogP contribution in [-0.2, 0) is 13.0 Å². The molecule has 0 saturated carbocycles. The number of nitrogens with one attached hydrogen (secondary N) is 1. The van der Waals surface area contributed by atoms with Crippen LogP contribution >= 0.6 is 0 Å². The Morgan fingerprint density at radius 2 is 2.10 bits per heavy atom. The van der Waals surface area contributed by atoms with Crippen LogP contribution in [0.1, 0.15) is 27.0 Å². The summed E-state index contributed by atoms with van der Waals surface area (Å²) in [6, 6.07) is 11.6. The zero-order chi connectivity index (χ0) is 14.1. The molecule has 0 bridgehead atoms. The van der Waals surface area contributed by atoms with Gasteiger partial charge in [-0.05, 0) is 54.3 Å². The first-order valence-corrected chi connectivity index (χ1v) is 6.82. The smallest absolute Gasteiger partial charge is 0.335 e. The third-order valence-electron chi connectivity index (χ3n) is 3.77. The Hall–Kier alpha value is -2.13. The first-order valence-electron chi connectivity index (χ1n) is 6.82. The summed E-state index contributed by atoms with van der Waals surface area (Å²) in [6.07, 6.45) is 0.988. The van der Waals surface area contributed by atoms with Crippen molar-refractivity contribution in [2.75, 3.05) is 6.54 Å². The molecule has 0 aliphatic carbocycles. The number of carboxylic acids is 1. The Labute approximate surface area is 118 Å². The minimum atomic E-state index is -0.880. The Kier molecular flexibility index (Phi) is 3.28. The van der Waals surface area contributed by atoms with Crippen LogP contribution in [0.2, 0.25) is 0 Å². The van der Waals surface area contributed by atoms with Crippen molar-refractivity contribution in [1.82, 2.24) is 5.32 Å². The largest absolute Gasteiger partial charge is 0.478 e. The molecule has 20 heavy (non-hydrogen) atoms. The van der Waals surface area contributed by atoms with Gasteiger partial charge in [-0.15, -0.1) is 0 Å². The molecule has 3 rings (SSSR count). The number of benzene rings is 2. The molecule has 0 fully saturated rings. The summed E-state index contributed by atoms with van der Waals surface area (Å²) >= 11 is 0. The lowest BCUT2D eigenvalue weighted by Gasteiger charge is -2.21. The summed E-state index contributed by atoms with van der Waals surface area (Å²) in [5.41, 5.74) is 6.38. The summed E-state index contributed by atoms with van der Waals surface area (Å²) in [5.74, 6) is -0.880. The fourth-order valence-electron chi connectivity index (χ4n) is 2.86. The molecule has 3 heteroatoms. The fourth-order valence-corrected chi connectivity index (χ4v) is 2.86. The van der Waals surface area contributed by atoms with Crippen LogP contribution in [0.4, 0.5) is 0 Å². The van der Waals surface area contributed by atoms with E-state index in [0.717, 1.165) is 25.1 Å². The van der Waals surface area contributed by atoms with Crippen molar-refractivity contribution in [2.24, 2.45) is 0 Å². The van der Waals surface area contributed by atoms with Crippen molar-refractivity contribution in [3.63, 3.8) is 0 Å². The highest BCUT2D eigenvalue weighted by Gasteiger charge is 2.15. The second-order valence-corrected chi connectivity index (χ2v) is 5.26. The van der Waals surface area contributed by atoms with Gasteiger partial charge in [-0.25, -0.2) is 4.79 Å². The monoisotopic (exact) mass is 267 g/mol. The van der Waals surface area contributed by atoms with Crippen molar-refractivity contribution in [3.8, 4) is 11.1 Å². The number of carbonyl (C=O) groups is 1. The molecule has 0 spiro atoms. The average Bonchev–Trinajstić information content (AvgIpc) is 2.46. The lowest BCUT2D eigenvalue weighted by Crippen LogP contribution is -2.24.